The highest BCUT2D eigenvalue weighted by atomic mass is 16.2. The van der Waals surface area contributed by atoms with E-state index >= 15 is 0 Å². The number of hydrogen-bond donors (Lipinski definition) is 0. The van der Waals surface area contributed by atoms with Crippen molar-refractivity contribution >= 4 is 16.7 Å². The van der Waals surface area contributed by atoms with Gasteiger partial charge in [0.05, 0.1) is 12.1 Å². The van der Waals surface area contributed by atoms with Crippen molar-refractivity contribution in [2.45, 2.75) is 25.9 Å². The summed E-state index contributed by atoms with van der Waals surface area (Å²) in [6.45, 7) is 4.22. The Morgan fingerprint density at radius 2 is 1.10 bits per heavy atom. The van der Waals surface area contributed by atoms with E-state index in [2.05, 4.69) is 50.2 Å². The number of carbonyl (C=O) groups is 1. The first-order valence-electron chi connectivity index (χ1n) is 10.1. The molecule has 0 fully saturated rings. The SMILES string of the molecule is C[C@@H](c1ccccc1)N(C(=O)c1cccc2ccccc12)[C@@H](C)c1ccccc1. The third kappa shape index (κ3) is 3.79. The van der Waals surface area contributed by atoms with E-state index in [1.165, 1.54) is 0 Å². The summed E-state index contributed by atoms with van der Waals surface area (Å²) in [5, 5.41) is 2.07. The van der Waals surface area contributed by atoms with Crippen LogP contribution in [0.1, 0.15) is 47.4 Å². The molecular formula is C27H25NO. The van der Waals surface area contributed by atoms with Crippen molar-refractivity contribution in [1.29, 1.82) is 0 Å². The molecule has 0 aliphatic rings. The van der Waals surface area contributed by atoms with Gasteiger partial charge in [0.1, 0.15) is 0 Å². The fraction of sp³-hybridized carbons (Fsp3) is 0.148. The minimum atomic E-state index is -0.0575. The van der Waals surface area contributed by atoms with Gasteiger partial charge in [-0.15, -0.1) is 0 Å². The van der Waals surface area contributed by atoms with Gasteiger partial charge in [0, 0.05) is 5.56 Å². The van der Waals surface area contributed by atoms with Gasteiger partial charge in [-0.1, -0.05) is 97.1 Å². The van der Waals surface area contributed by atoms with E-state index in [1.807, 2.05) is 71.6 Å². The standard InChI is InChI=1S/C27H25NO/c1-20(22-12-5-3-6-13-22)28(21(2)23-14-7-4-8-15-23)27(29)26-19-11-17-24-16-9-10-18-25(24)26/h3-21H,1-2H3/t20-,21-/m0/s1. The zero-order valence-electron chi connectivity index (χ0n) is 16.8. The molecule has 2 nitrogen and oxygen atoms in total. The summed E-state index contributed by atoms with van der Waals surface area (Å²) in [6.07, 6.45) is 0. The molecule has 0 spiro atoms. The maximum atomic E-state index is 13.9. The van der Waals surface area contributed by atoms with Crippen LogP contribution in [-0.4, -0.2) is 10.8 Å². The Balaban J connectivity index is 1.82. The lowest BCUT2D eigenvalue weighted by atomic mass is 9.97. The summed E-state index contributed by atoms with van der Waals surface area (Å²) in [5.74, 6) is 0.0505. The maximum Gasteiger partial charge on any atom is 0.255 e. The highest BCUT2D eigenvalue weighted by Gasteiger charge is 2.29. The third-order valence-electron chi connectivity index (χ3n) is 5.65. The number of carbonyl (C=O) groups excluding carboxylic acids is 1. The zero-order chi connectivity index (χ0) is 20.2. The van der Waals surface area contributed by atoms with E-state index in [0.29, 0.717) is 0 Å². The number of hydrogen-bond acceptors (Lipinski definition) is 1. The third-order valence-corrected chi connectivity index (χ3v) is 5.65. The van der Waals surface area contributed by atoms with Gasteiger partial charge in [-0.3, -0.25) is 4.79 Å². The van der Waals surface area contributed by atoms with Gasteiger partial charge in [0.2, 0.25) is 0 Å². The fourth-order valence-electron chi connectivity index (χ4n) is 4.02. The number of nitrogens with zero attached hydrogens (tertiary/aromatic N) is 1. The second kappa shape index (κ2) is 8.32. The summed E-state index contributed by atoms with van der Waals surface area (Å²) in [6, 6.07) is 34.4. The van der Waals surface area contributed by atoms with Gasteiger partial charge in [-0.25, -0.2) is 0 Å². The monoisotopic (exact) mass is 379 g/mol. The second-order valence-electron chi connectivity index (χ2n) is 7.41. The lowest BCUT2D eigenvalue weighted by Gasteiger charge is -2.36. The van der Waals surface area contributed by atoms with E-state index in [9.17, 15) is 4.79 Å². The van der Waals surface area contributed by atoms with Crippen molar-refractivity contribution < 1.29 is 4.79 Å². The molecule has 0 saturated carbocycles. The van der Waals surface area contributed by atoms with E-state index in [-0.39, 0.29) is 18.0 Å². The van der Waals surface area contributed by atoms with Crippen LogP contribution in [0.3, 0.4) is 0 Å². The van der Waals surface area contributed by atoms with Crippen LogP contribution < -0.4 is 0 Å². The molecule has 0 aliphatic heterocycles. The summed E-state index contributed by atoms with van der Waals surface area (Å²) < 4.78 is 0. The lowest BCUT2D eigenvalue weighted by Crippen LogP contribution is -2.36. The van der Waals surface area contributed by atoms with E-state index in [1.54, 1.807) is 0 Å². The maximum absolute atomic E-state index is 13.9. The van der Waals surface area contributed by atoms with Crippen LogP contribution in [0.4, 0.5) is 0 Å². The Bertz CT molecular complexity index is 1050. The van der Waals surface area contributed by atoms with Gasteiger partial charge in [0.25, 0.3) is 5.91 Å². The minimum absolute atomic E-state index is 0.0505. The molecular weight excluding hydrogens is 354 g/mol. The van der Waals surface area contributed by atoms with Gasteiger partial charge in [-0.05, 0) is 41.8 Å². The largest absolute Gasteiger partial charge is 0.325 e. The van der Waals surface area contributed by atoms with Crippen molar-refractivity contribution in [1.82, 2.24) is 4.90 Å². The molecule has 144 valence electrons. The number of benzene rings is 4. The van der Waals surface area contributed by atoms with Gasteiger partial charge in [0.15, 0.2) is 0 Å². The molecule has 0 aromatic heterocycles. The summed E-state index contributed by atoms with van der Waals surface area (Å²) in [4.78, 5) is 15.9. The van der Waals surface area contributed by atoms with Crippen LogP contribution >= 0.6 is 0 Å². The smallest absolute Gasteiger partial charge is 0.255 e. The summed E-state index contributed by atoms with van der Waals surface area (Å²) in [7, 11) is 0. The molecule has 2 heteroatoms. The van der Waals surface area contributed by atoms with Crippen molar-refractivity contribution in [3.05, 3.63) is 120 Å². The zero-order valence-corrected chi connectivity index (χ0v) is 16.8. The topological polar surface area (TPSA) is 20.3 Å². The van der Waals surface area contributed by atoms with Crippen LogP contribution in [0.5, 0.6) is 0 Å². The van der Waals surface area contributed by atoms with Crippen LogP contribution in [0, 0.1) is 0 Å². The van der Waals surface area contributed by atoms with Crippen LogP contribution in [0.2, 0.25) is 0 Å². The molecule has 4 aromatic carbocycles. The number of amides is 1. The molecule has 0 N–H and O–H groups in total. The molecule has 4 aromatic rings. The summed E-state index contributed by atoms with van der Waals surface area (Å²) >= 11 is 0. The molecule has 4 rings (SSSR count). The average molecular weight is 380 g/mol. The first kappa shape index (κ1) is 18.9. The Morgan fingerprint density at radius 1 is 0.621 bits per heavy atom. The predicted molar refractivity (Wildman–Crippen MR) is 120 cm³/mol. The van der Waals surface area contributed by atoms with Gasteiger partial charge < -0.3 is 4.90 Å². The quantitative estimate of drug-likeness (QED) is 0.373. The van der Waals surface area contributed by atoms with Crippen LogP contribution in [0.25, 0.3) is 10.8 Å². The Hall–Kier alpha value is -3.39. The van der Waals surface area contributed by atoms with Crippen molar-refractivity contribution in [2.75, 3.05) is 0 Å². The highest BCUT2D eigenvalue weighted by Crippen LogP contribution is 2.33. The molecule has 0 radical (unpaired) electrons. The molecule has 0 bridgehead atoms. The molecule has 0 unspecified atom stereocenters. The molecule has 0 aliphatic carbocycles. The molecule has 2 atom stereocenters. The average Bonchev–Trinajstić information content (AvgIpc) is 2.79. The fourth-order valence-corrected chi connectivity index (χ4v) is 4.02. The summed E-state index contributed by atoms with van der Waals surface area (Å²) in [5.41, 5.74) is 3.00. The normalized spacial score (nSPS) is 13.0. The van der Waals surface area contributed by atoms with Crippen molar-refractivity contribution in [3.63, 3.8) is 0 Å². The Morgan fingerprint density at radius 3 is 1.69 bits per heavy atom. The van der Waals surface area contributed by atoms with Crippen molar-refractivity contribution in [3.8, 4) is 0 Å². The Labute approximate surface area is 172 Å². The molecule has 1 amide bonds. The Kier molecular flexibility index (Phi) is 5.44. The first-order valence-corrected chi connectivity index (χ1v) is 10.1. The van der Waals surface area contributed by atoms with E-state index < -0.39 is 0 Å². The number of rotatable bonds is 5. The molecule has 0 heterocycles. The van der Waals surface area contributed by atoms with Gasteiger partial charge in [-0.2, -0.15) is 0 Å². The molecule has 29 heavy (non-hydrogen) atoms. The van der Waals surface area contributed by atoms with Gasteiger partial charge >= 0.3 is 0 Å². The second-order valence-corrected chi connectivity index (χ2v) is 7.41. The van der Waals surface area contributed by atoms with E-state index in [4.69, 9.17) is 0 Å². The lowest BCUT2D eigenvalue weighted by molar-refractivity contribution is 0.0606. The first-order chi connectivity index (χ1) is 14.2. The minimum Gasteiger partial charge on any atom is -0.325 e. The van der Waals surface area contributed by atoms with E-state index in [0.717, 1.165) is 27.5 Å². The number of fused-ring (bicyclic) bond motifs is 1. The predicted octanol–water partition coefficient (Wildman–Crippen LogP) is 6.80. The molecule has 0 saturated heterocycles. The van der Waals surface area contributed by atoms with Crippen molar-refractivity contribution in [2.24, 2.45) is 0 Å². The van der Waals surface area contributed by atoms with Crippen LogP contribution in [-0.2, 0) is 0 Å². The van der Waals surface area contributed by atoms with Crippen LogP contribution in [0.15, 0.2) is 103 Å². The highest BCUT2D eigenvalue weighted by molar-refractivity contribution is 6.07.